The number of rotatable bonds is 9. The van der Waals surface area contributed by atoms with E-state index >= 15 is 0 Å². The lowest BCUT2D eigenvalue weighted by Crippen LogP contribution is -2.55. The van der Waals surface area contributed by atoms with Crippen molar-refractivity contribution in [2.24, 2.45) is 5.92 Å². The first-order chi connectivity index (χ1) is 18.0. The second-order valence-electron chi connectivity index (χ2n) is 8.76. The highest BCUT2D eigenvalue weighted by atomic mass is 19.4. The minimum Gasteiger partial charge on any atom is -0.400 e. The van der Waals surface area contributed by atoms with Gasteiger partial charge in [-0.25, -0.2) is 0 Å². The normalized spacial score (nSPS) is 15.1. The van der Waals surface area contributed by atoms with E-state index in [0.29, 0.717) is 25.1 Å². The van der Waals surface area contributed by atoms with E-state index in [1.807, 2.05) is 19.9 Å². The lowest BCUT2D eigenvalue weighted by atomic mass is 9.92. The van der Waals surface area contributed by atoms with Gasteiger partial charge in [-0.05, 0) is 63.5 Å². The average molecular weight is 543 g/mol. The summed E-state index contributed by atoms with van der Waals surface area (Å²) in [4.78, 5) is 14.5. The summed E-state index contributed by atoms with van der Waals surface area (Å²) >= 11 is 0. The van der Waals surface area contributed by atoms with E-state index in [1.165, 1.54) is 28.9 Å². The number of hydrogen-bond acceptors (Lipinski definition) is 4. The molecule has 1 aliphatic rings. The van der Waals surface area contributed by atoms with Crippen molar-refractivity contribution in [3.05, 3.63) is 70.8 Å². The van der Waals surface area contributed by atoms with Gasteiger partial charge in [-0.2, -0.15) is 13.2 Å². The van der Waals surface area contributed by atoms with Crippen LogP contribution in [0.15, 0.2) is 59.7 Å². The van der Waals surface area contributed by atoms with Crippen molar-refractivity contribution in [1.82, 2.24) is 10.2 Å². The van der Waals surface area contributed by atoms with Crippen molar-refractivity contribution in [3.8, 4) is 0 Å². The molecule has 0 aromatic heterocycles. The van der Waals surface area contributed by atoms with Gasteiger partial charge in [0.25, 0.3) is 5.91 Å². The third kappa shape index (κ3) is 13.4. The highest BCUT2D eigenvalue weighted by Gasteiger charge is 2.32. The smallest absolute Gasteiger partial charge is 0.400 e. The second-order valence-corrected chi connectivity index (χ2v) is 8.76. The van der Waals surface area contributed by atoms with Gasteiger partial charge in [0.1, 0.15) is 0 Å². The van der Waals surface area contributed by atoms with Crippen molar-refractivity contribution in [3.63, 3.8) is 0 Å². The Hall–Kier alpha value is -2.42. The van der Waals surface area contributed by atoms with Gasteiger partial charge in [0, 0.05) is 50.9 Å². The number of likely N-dealkylation sites (tertiary alicyclic amines) is 1. The van der Waals surface area contributed by atoms with Crippen molar-refractivity contribution >= 4 is 5.91 Å². The molecule has 1 atom stereocenters. The number of carbonyl (C=O) groups is 1. The maximum absolute atomic E-state index is 12.8. The van der Waals surface area contributed by atoms with E-state index < -0.39 is 17.6 Å². The number of allylic oxidation sites excluding steroid dienone is 4. The topological polar surface area (TPSA) is 72.8 Å². The number of halogens is 3. The van der Waals surface area contributed by atoms with Gasteiger partial charge in [-0.3, -0.25) is 9.69 Å². The minimum absolute atomic E-state index is 0.0308. The van der Waals surface area contributed by atoms with Crippen LogP contribution in [0.4, 0.5) is 13.2 Å². The molecule has 8 heteroatoms. The number of carbonyl (C=O) groups excluding carboxylic acids is 1. The Morgan fingerprint density at radius 3 is 2.24 bits per heavy atom. The third-order valence-corrected chi connectivity index (χ3v) is 6.23. The highest BCUT2D eigenvalue weighted by molar-refractivity contribution is 5.94. The summed E-state index contributed by atoms with van der Waals surface area (Å²) in [6, 6.07) is 4.80. The minimum atomic E-state index is -4.45. The molecule has 1 fully saturated rings. The number of aliphatic hydroxyl groups excluding tert-OH is 2. The van der Waals surface area contributed by atoms with E-state index in [2.05, 4.69) is 51.4 Å². The molecule has 0 bridgehead atoms. The predicted molar refractivity (Wildman–Crippen MR) is 152 cm³/mol. The quantitative estimate of drug-likeness (QED) is 0.306. The van der Waals surface area contributed by atoms with Crippen LogP contribution in [0, 0.1) is 5.92 Å². The molecule has 0 aliphatic carbocycles. The fourth-order valence-electron chi connectivity index (χ4n) is 3.59. The van der Waals surface area contributed by atoms with E-state index in [-0.39, 0.29) is 5.56 Å². The first kappa shape index (κ1) is 37.7. The standard InChI is InChI=1S/C23H29F3N2O.C4H10O.C2H6.CH4O/c1-6-8-15(2)16(3)17(4)18(5)28-13-19(14-28)12-27-22(29)20-9-7-10-21(11-20)23(24,25)26;1-2-3-4-5;2*1-2/h6-11,18-19H,1,12-14H2,2-5H3,(H,27,29);5H,2-4H2,1H3;1-2H3;2H,1H3/b15-8-,17-16+;;;. The Morgan fingerprint density at radius 2 is 1.79 bits per heavy atom. The summed E-state index contributed by atoms with van der Waals surface area (Å²) in [5, 5.41) is 17.8. The number of hydrogen-bond donors (Lipinski definition) is 3. The zero-order valence-corrected chi connectivity index (χ0v) is 24.5. The molecule has 5 nitrogen and oxygen atoms in total. The Kier molecular flexibility index (Phi) is 20.4. The predicted octanol–water partition coefficient (Wildman–Crippen LogP) is 6.64. The molecular formula is C30H49F3N2O3. The molecule has 1 aliphatic heterocycles. The van der Waals surface area contributed by atoms with Gasteiger partial charge in [0.15, 0.2) is 0 Å². The molecule has 2 rings (SSSR count). The van der Waals surface area contributed by atoms with Gasteiger partial charge >= 0.3 is 6.18 Å². The van der Waals surface area contributed by atoms with Crippen LogP contribution in [-0.2, 0) is 6.18 Å². The highest BCUT2D eigenvalue weighted by Crippen LogP contribution is 2.30. The first-order valence-corrected chi connectivity index (χ1v) is 13.2. The molecule has 1 unspecified atom stereocenters. The third-order valence-electron chi connectivity index (χ3n) is 6.23. The lowest BCUT2D eigenvalue weighted by Gasteiger charge is -2.44. The van der Waals surface area contributed by atoms with E-state index in [4.69, 9.17) is 10.2 Å². The summed E-state index contributed by atoms with van der Waals surface area (Å²) in [6.07, 6.45) is 1.36. The van der Waals surface area contributed by atoms with Crippen LogP contribution >= 0.6 is 0 Å². The number of amides is 1. The number of benzene rings is 1. The summed E-state index contributed by atoms with van der Waals surface area (Å²) in [5.74, 6) is -0.176. The van der Waals surface area contributed by atoms with Crippen LogP contribution < -0.4 is 5.32 Å². The molecule has 38 heavy (non-hydrogen) atoms. The maximum atomic E-state index is 12.8. The molecule has 0 spiro atoms. The Morgan fingerprint density at radius 1 is 1.21 bits per heavy atom. The van der Waals surface area contributed by atoms with E-state index in [9.17, 15) is 18.0 Å². The number of aliphatic hydroxyl groups is 2. The number of unbranched alkanes of at least 4 members (excludes halogenated alkanes) is 1. The zero-order valence-electron chi connectivity index (χ0n) is 24.5. The Bertz CT molecular complexity index is 872. The van der Waals surface area contributed by atoms with Crippen LogP contribution in [0.1, 0.15) is 77.2 Å². The van der Waals surface area contributed by atoms with Gasteiger partial charge in [-0.1, -0.05) is 57.6 Å². The summed E-state index contributed by atoms with van der Waals surface area (Å²) < 4.78 is 38.4. The molecule has 1 heterocycles. The Balaban J connectivity index is 0. The van der Waals surface area contributed by atoms with Gasteiger partial charge in [0.05, 0.1) is 5.56 Å². The summed E-state index contributed by atoms with van der Waals surface area (Å²) in [5.41, 5.74) is 2.95. The van der Waals surface area contributed by atoms with E-state index in [0.717, 1.165) is 45.2 Å². The first-order valence-electron chi connectivity index (χ1n) is 13.2. The van der Waals surface area contributed by atoms with Crippen LogP contribution in [0.3, 0.4) is 0 Å². The molecule has 1 saturated heterocycles. The fraction of sp³-hybridized carbons (Fsp3) is 0.567. The zero-order chi connectivity index (χ0) is 29.9. The van der Waals surface area contributed by atoms with E-state index in [1.54, 1.807) is 6.08 Å². The van der Waals surface area contributed by atoms with Crippen molar-refractivity contribution < 1.29 is 28.2 Å². The number of nitrogens with zero attached hydrogens (tertiary/aromatic N) is 1. The molecule has 218 valence electrons. The molecule has 1 aromatic rings. The fourth-order valence-corrected chi connectivity index (χ4v) is 3.59. The van der Waals surface area contributed by atoms with Crippen molar-refractivity contribution in [2.75, 3.05) is 33.4 Å². The molecule has 3 N–H and O–H groups in total. The van der Waals surface area contributed by atoms with Crippen molar-refractivity contribution in [2.45, 2.75) is 73.5 Å². The maximum Gasteiger partial charge on any atom is 0.416 e. The molecule has 0 radical (unpaired) electrons. The Labute approximate surface area is 228 Å². The second kappa shape index (κ2) is 20.5. The summed E-state index contributed by atoms with van der Waals surface area (Å²) in [7, 11) is 1.00. The molecular weight excluding hydrogens is 493 g/mol. The molecule has 0 saturated carbocycles. The molecule has 1 aromatic carbocycles. The van der Waals surface area contributed by atoms with Gasteiger partial charge in [-0.15, -0.1) is 0 Å². The van der Waals surface area contributed by atoms with Gasteiger partial charge in [0.2, 0.25) is 0 Å². The van der Waals surface area contributed by atoms with Crippen LogP contribution in [0.2, 0.25) is 0 Å². The molecule has 1 amide bonds. The number of alkyl halides is 3. The summed E-state index contributed by atoms with van der Waals surface area (Å²) in [6.45, 7) is 20.7. The lowest BCUT2D eigenvalue weighted by molar-refractivity contribution is -0.137. The van der Waals surface area contributed by atoms with Crippen LogP contribution in [0.5, 0.6) is 0 Å². The van der Waals surface area contributed by atoms with Crippen molar-refractivity contribution in [1.29, 1.82) is 0 Å². The van der Waals surface area contributed by atoms with Crippen LogP contribution in [-0.4, -0.2) is 60.4 Å². The largest absolute Gasteiger partial charge is 0.416 e. The average Bonchev–Trinajstić information content (AvgIpc) is 2.89. The number of nitrogens with one attached hydrogen (secondary N) is 1. The monoisotopic (exact) mass is 542 g/mol. The van der Waals surface area contributed by atoms with Crippen LogP contribution in [0.25, 0.3) is 0 Å². The SMILES string of the molecule is C=C/C=C(C)\C(C)=C(/C)C(C)N1CC(CNC(=O)c2cccc(C(F)(F)F)c2)C1.CC.CCCCO.CO. The van der Waals surface area contributed by atoms with Gasteiger partial charge < -0.3 is 15.5 Å².